The molecule has 1 aromatic heterocycles. The maximum absolute atomic E-state index is 5.69. The van der Waals surface area contributed by atoms with E-state index in [0.717, 1.165) is 17.0 Å². The van der Waals surface area contributed by atoms with Crippen LogP contribution in [-0.4, -0.2) is 9.97 Å². The predicted octanol–water partition coefficient (Wildman–Crippen LogP) is 3.19. The van der Waals surface area contributed by atoms with Gasteiger partial charge in [0.25, 0.3) is 0 Å². The SMILES string of the molecule is Cc1cc(-c2ccc3ccccc3c2)nc(N)n1. The van der Waals surface area contributed by atoms with Crippen molar-refractivity contribution in [3.63, 3.8) is 0 Å². The Morgan fingerprint density at radius 3 is 2.44 bits per heavy atom. The molecule has 0 saturated carbocycles. The summed E-state index contributed by atoms with van der Waals surface area (Å²) < 4.78 is 0. The second-order valence-corrected chi connectivity index (χ2v) is 4.31. The van der Waals surface area contributed by atoms with Gasteiger partial charge < -0.3 is 5.73 Å². The number of nitrogen functional groups attached to an aromatic ring is 1. The predicted molar refractivity (Wildman–Crippen MR) is 74.1 cm³/mol. The van der Waals surface area contributed by atoms with Crippen LogP contribution < -0.4 is 5.73 Å². The van der Waals surface area contributed by atoms with Crippen molar-refractivity contribution in [3.8, 4) is 11.3 Å². The molecule has 0 unspecified atom stereocenters. The molecule has 0 saturated heterocycles. The minimum absolute atomic E-state index is 0.318. The summed E-state index contributed by atoms with van der Waals surface area (Å²) in [5, 5.41) is 2.42. The zero-order chi connectivity index (χ0) is 12.5. The molecule has 2 aromatic carbocycles. The number of anilines is 1. The fourth-order valence-corrected chi connectivity index (χ4v) is 2.09. The molecule has 3 rings (SSSR count). The largest absolute Gasteiger partial charge is 0.368 e. The summed E-state index contributed by atoms with van der Waals surface area (Å²) in [5.41, 5.74) is 8.49. The van der Waals surface area contributed by atoms with E-state index in [1.54, 1.807) is 0 Å². The smallest absolute Gasteiger partial charge is 0.220 e. The van der Waals surface area contributed by atoms with Crippen LogP contribution in [0.2, 0.25) is 0 Å². The highest BCUT2D eigenvalue weighted by molar-refractivity contribution is 5.86. The Labute approximate surface area is 105 Å². The topological polar surface area (TPSA) is 51.8 Å². The Morgan fingerprint density at radius 1 is 0.889 bits per heavy atom. The Balaban J connectivity index is 2.19. The lowest BCUT2D eigenvalue weighted by atomic mass is 10.0. The van der Waals surface area contributed by atoms with Gasteiger partial charge in [-0.1, -0.05) is 36.4 Å². The summed E-state index contributed by atoms with van der Waals surface area (Å²) >= 11 is 0. The van der Waals surface area contributed by atoms with Crippen LogP contribution in [0.3, 0.4) is 0 Å². The molecule has 0 aliphatic carbocycles. The third-order valence-electron chi connectivity index (χ3n) is 2.92. The van der Waals surface area contributed by atoms with Crippen LogP contribution in [0.1, 0.15) is 5.69 Å². The summed E-state index contributed by atoms with van der Waals surface area (Å²) in [6.45, 7) is 1.92. The number of hydrogen-bond donors (Lipinski definition) is 1. The molecular formula is C15H13N3. The summed E-state index contributed by atoms with van der Waals surface area (Å²) in [4.78, 5) is 8.37. The Hall–Kier alpha value is -2.42. The van der Waals surface area contributed by atoms with E-state index in [1.165, 1.54) is 10.8 Å². The lowest BCUT2D eigenvalue weighted by molar-refractivity contribution is 1.12. The molecule has 3 aromatic rings. The molecule has 0 amide bonds. The quantitative estimate of drug-likeness (QED) is 0.704. The van der Waals surface area contributed by atoms with Crippen molar-refractivity contribution in [1.82, 2.24) is 9.97 Å². The third kappa shape index (κ3) is 1.91. The second kappa shape index (κ2) is 4.11. The lowest BCUT2D eigenvalue weighted by Crippen LogP contribution is -1.98. The van der Waals surface area contributed by atoms with Gasteiger partial charge in [-0.25, -0.2) is 9.97 Å². The van der Waals surface area contributed by atoms with E-state index in [2.05, 4.69) is 40.3 Å². The summed E-state index contributed by atoms with van der Waals surface area (Å²) in [6.07, 6.45) is 0. The number of rotatable bonds is 1. The van der Waals surface area contributed by atoms with Crippen LogP contribution >= 0.6 is 0 Å². The highest BCUT2D eigenvalue weighted by Crippen LogP contribution is 2.23. The fourth-order valence-electron chi connectivity index (χ4n) is 2.09. The van der Waals surface area contributed by atoms with E-state index < -0.39 is 0 Å². The molecule has 0 bridgehead atoms. The molecule has 0 atom stereocenters. The van der Waals surface area contributed by atoms with Gasteiger partial charge in [0, 0.05) is 11.3 Å². The molecule has 0 aliphatic heterocycles. The van der Waals surface area contributed by atoms with Crippen molar-refractivity contribution in [2.24, 2.45) is 0 Å². The van der Waals surface area contributed by atoms with Gasteiger partial charge in [-0.3, -0.25) is 0 Å². The first-order chi connectivity index (χ1) is 8.72. The Morgan fingerprint density at radius 2 is 1.67 bits per heavy atom. The summed E-state index contributed by atoms with van der Waals surface area (Å²) in [6, 6.07) is 16.5. The molecular weight excluding hydrogens is 222 g/mol. The molecule has 18 heavy (non-hydrogen) atoms. The maximum atomic E-state index is 5.69. The van der Waals surface area contributed by atoms with E-state index in [4.69, 9.17) is 5.73 Å². The molecule has 1 heterocycles. The normalized spacial score (nSPS) is 10.7. The molecule has 88 valence electrons. The minimum atomic E-state index is 0.318. The van der Waals surface area contributed by atoms with Crippen molar-refractivity contribution in [1.29, 1.82) is 0 Å². The van der Waals surface area contributed by atoms with Crippen molar-refractivity contribution in [2.45, 2.75) is 6.92 Å². The highest BCUT2D eigenvalue weighted by atomic mass is 15.0. The van der Waals surface area contributed by atoms with Gasteiger partial charge in [0.1, 0.15) is 0 Å². The van der Waals surface area contributed by atoms with Crippen LogP contribution in [-0.2, 0) is 0 Å². The van der Waals surface area contributed by atoms with Crippen molar-refractivity contribution < 1.29 is 0 Å². The van der Waals surface area contributed by atoms with E-state index in [0.29, 0.717) is 5.95 Å². The van der Waals surface area contributed by atoms with Crippen LogP contribution in [0.15, 0.2) is 48.5 Å². The van der Waals surface area contributed by atoms with Gasteiger partial charge >= 0.3 is 0 Å². The van der Waals surface area contributed by atoms with Crippen molar-refractivity contribution >= 4 is 16.7 Å². The minimum Gasteiger partial charge on any atom is -0.368 e. The molecule has 0 fully saturated rings. The van der Waals surface area contributed by atoms with Gasteiger partial charge in [0.15, 0.2) is 0 Å². The number of nitrogens with two attached hydrogens (primary N) is 1. The molecule has 0 aliphatic rings. The first-order valence-corrected chi connectivity index (χ1v) is 5.83. The first-order valence-electron chi connectivity index (χ1n) is 5.83. The summed E-state index contributed by atoms with van der Waals surface area (Å²) in [5.74, 6) is 0.318. The monoisotopic (exact) mass is 235 g/mol. The lowest BCUT2D eigenvalue weighted by Gasteiger charge is -2.05. The Bertz CT molecular complexity index is 700. The zero-order valence-electron chi connectivity index (χ0n) is 10.1. The standard InChI is InChI=1S/C15H13N3/c1-10-8-14(18-15(16)17-10)13-7-6-11-4-2-3-5-12(11)9-13/h2-9H,1H3,(H2,16,17,18). The molecule has 3 heteroatoms. The van der Waals surface area contributed by atoms with E-state index in [-0.39, 0.29) is 0 Å². The molecule has 0 spiro atoms. The van der Waals surface area contributed by atoms with Gasteiger partial charge in [-0.2, -0.15) is 0 Å². The Kier molecular flexibility index (Phi) is 2.45. The zero-order valence-corrected chi connectivity index (χ0v) is 10.1. The van der Waals surface area contributed by atoms with Crippen molar-refractivity contribution in [3.05, 3.63) is 54.2 Å². The van der Waals surface area contributed by atoms with Crippen molar-refractivity contribution in [2.75, 3.05) is 5.73 Å². The van der Waals surface area contributed by atoms with Gasteiger partial charge in [-0.15, -0.1) is 0 Å². The van der Waals surface area contributed by atoms with Gasteiger partial charge in [0.2, 0.25) is 5.95 Å². The number of benzene rings is 2. The van der Waals surface area contributed by atoms with E-state index in [9.17, 15) is 0 Å². The average Bonchev–Trinajstić information content (AvgIpc) is 2.37. The maximum Gasteiger partial charge on any atom is 0.220 e. The number of fused-ring (bicyclic) bond motifs is 1. The van der Waals surface area contributed by atoms with Crippen LogP contribution in [0.5, 0.6) is 0 Å². The van der Waals surface area contributed by atoms with Crippen LogP contribution in [0, 0.1) is 6.92 Å². The number of aryl methyl sites for hydroxylation is 1. The van der Waals surface area contributed by atoms with E-state index >= 15 is 0 Å². The first kappa shape index (κ1) is 10.7. The fraction of sp³-hybridized carbons (Fsp3) is 0.0667. The molecule has 0 radical (unpaired) electrons. The number of aromatic nitrogens is 2. The van der Waals surface area contributed by atoms with Gasteiger partial charge in [0.05, 0.1) is 5.69 Å². The summed E-state index contributed by atoms with van der Waals surface area (Å²) in [7, 11) is 0. The molecule has 3 nitrogen and oxygen atoms in total. The average molecular weight is 235 g/mol. The number of hydrogen-bond acceptors (Lipinski definition) is 3. The van der Waals surface area contributed by atoms with Crippen LogP contribution in [0.25, 0.3) is 22.0 Å². The highest BCUT2D eigenvalue weighted by Gasteiger charge is 2.03. The van der Waals surface area contributed by atoms with Gasteiger partial charge in [-0.05, 0) is 29.8 Å². The second-order valence-electron chi connectivity index (χ2n) is 4.31. The van der Waals surface area contributed by atoms with Crippen LogP contribution in [0.4, 0.5) is 5.95 Å². The van der Waals surface area contributed by atoms with E-state index in [1.807, 2.05) is 25.1 Å². The third-order valence-corrected chi connectivity index (χ3v) is 2.92. The molecule has 2 N–H and O–H groups in total. The number of nitrogens with zero attached hydrogens (tertiary/aromatic N) is 2.